The summed E-state index contributed by atoms with van der Waals surface area (Å²) in [5, 5.41) is 3.94. The van der Waals surface area contributed by atoms with Crippen molar-refractivity contribution in [1.82, 2.24) is 9.78 Å². The van der Waals surface area contributed by atoms with Gasteiger partial charge in [-0.15, -0.1) is 0 Å². The molecule has 0 fully saturated rings. The third-order valence-electron chi connectivity index (χ3n) is 2.72. The van der Waals surface area contributed by atoms with Crippen molar-refractivity contribution in [2.75, 3.05) is 6.54 Å². The molecule has 1 unspecified atom stereocenters. The maximum absolute atomic E-state index is 12.7. The zero-order valence-corrected chi connectivity index (χ0v) is 9.60. The van der Waals surface area contributed by atoms with E-state index in [1.54, 1.807) is 13.8 Å². The molecule has 0 aliphatic rings. The lowest BCUT2D eigenvalue weighted by Crippen LogP contribution is -2.34. The molecule has 0 aromatic carbocycles. The van der Waals surface area contributed by atoms with Gasteiger partial charge in [0.15, 0.2) is 6.04 Å². The Labute approximate surface area is 92.4 Å². The van der Waals surface area contributed by atoms with Gasteiger partial charge in [-0.05, 0) is 25.8 Å². The van der Waals surface area contributed by atoms with E-state index in [2.05, 4.69) is 5.10 Å². The predicted molar refractivity (Wildman–Crippen MR) is 55.2 cm³/mol. The van der Waals surface area contributed by atoms with Crippen LogP contribution in [0, 0.1) is 13.8 Å². The Balaban J connectivity index is 3.22. The van der Waals surface area contributed by atoms with Gasteiger partial charge in [0.05, 0.1) is 5.69 Å². The van der Waals surface area contributed by atoms with Crippen LogP contribution in [-0.4, -0.2) is 22.5 Å². The fraction of sp³-hybridized carbons (Fsp3) is 0.700. The molecule has 2 N–H and O–H groups in total. The smallest absolute Gasteiger partial charge is 0.328 e. The second kappa shape index (κ2) is 4.45. The summed E-state index contributed by atoms with van der Waals surface area (Å²) >= 11 is 0. The van der Waals surface area contributed by atoms with Crippen LogP contribution in [0.4, 0.5) is 13.2 Å². The second-order valence-electron chi connectivity index (χ2n) is 3.74. The lowest BCUT2D eigenvalue weighted by molar-refractivity contribution is -0.167. The molecule has 1 aromatic rings. The molecule has 0 saturated heterocycles. The van der Waals surface area contributed by atoms with Crippen LogP contribution in [0.2, 0.25) is 0 Å². The molecule has 0 saturated carbocycles. The monoisotopic (exact) mass is 235 g/mol. The SMILES string of the molecule is CCc1c(C)nn(C(CN)C(F)(F)F)c1C. The third kappa shape index (κ3) is 2.21. The van der Waals surface area contributed by atoms with Crippen molar-refractivity contribution >= 4 is 0 Å². The fourth-order valence-electron chi connectivity index (χ4n) is 1.88. The van der Waals surface area contributed by atoms with Gasteiger partial charge in [-0.1, -0.05) is 6.92 Å². The number of hydrogen-bond acceptors (Lipinski definition) is 2. The molecule has 0 bridgehead atoms. The Hall–Kier alpha value is -1.04. The first-order valence-electron chi connectivity index (χ1n) is 5.14. The van der Waals surface area contributed by atoms with Crippen molar-refractivity contribution < 1.29 is 13.2 Å². The van der Waals surface area contributed by atoms with Crippen LogP contribution in [0.3, 0.4) is 0 Å². The standard InChI is InChI=1S/C10H16F3N3/c1-4-8-6(2)15-16(7(8)3)9(5-14)10(11,12)13/h9H,4-5,14H2,1-3H3. The Morgan fingerprint density at radius 3 is 2.25 bits per heavy atom. The molecule has 16 heavy (non-hydrogen) atoms. The Morgan fingerprint density at radius 1 is 1.38 bits per heavy atom. The highest BCUT2D eigenvalue weighted by Crippen LogP contribution is 2.31. The molecular weight excluding hydrogens is 219 g/mol. The number of hydrogen-bond donors (Lipinski definition) is 1. The van der Waals surface area contributed by atoms with Crippen LogP contribution in [0.5, 0.6) is 0 Å². The molecule has 6 heteroatoms. The molecule has 0 aliphatic carbocycles. The van der Waals surface area contributed by atoms with Gasteiger partial charge >= 0.3 is 6.18 Å². The zero-order valence-electron chi connectivity index (χ0n) is 9.60. The number of alkyl halides is 3. The van der Waals surface area contributed by atoms with Crippen LogP contribution < -0.4 is 5.73 Å². The Kier molecular flexibility index (Phi) is 3.62. The fourth-order valence-corrected chi connectivity index (χ4v) is 1.88. The van der Waals surface area contributed by atoms with Gasteiger partial charge in [0, 0.05) is 12.2 Å². The van der Waals surface area contributed by atoms with E-state index in [1.165, 1.54) is 0 Å². The summed E-state index contributed by atoms with van der Waals surface area (Å²) in [6.07, 6.45) is -3.68. The first-order valence-corrected chi connectivity index (χ1v) is 5.14. The predicted octanol–water partition coefficient (Wildman–Crippen LogP) is 2.12. The van der Waals surface area contributed by atoms with Gasteiger partial charge in [0.25, 0.3) is 0 Å². The van der Waals surface area contributed by atoms with Crippen molar-refractivity contribution in [3.05, 3.63) is 17.0 Å². The van der Waals surface area contributed by atoms with E-state index in [9.17, 15) is 13.2 Å². The molecule has 0 aliphatic heterocycles. The van der Waals surface area contributed by atoms with Gasteiger partial charge in [0.1, 0.15) is 0 Å². The number of nitrogens with zero attached hydrogens (tertiary/aromatic N) is 2. The van der Waals surface area contributed by atoms with Crippen molar-refractivity contribution in [1.29, 1.82) is 0 Å². The van der Waals surface area contributed by atoms with Gasteiger partial charge in [-0.25, -0.2) is 0 Å². The lowest BCUT2D eigenvalue weighted by atomic mass is 10.1. The Morgan fingerprint density at radius 2 is 1.94 bits per heavy atom. The molecule has 1 atom stereocenters. The summed E-state index contributed by atoms with van der Waals surface area (Å²) in [6.45, 7) is 4.76. The maximum atomic E-state index is 12.7. The topological polar surface area (TPSA) is 43.8 Å². The summed E-state index contributed by atoms with van der Waals surface area (Å²) in [5.41, 5.74) is 7.23. The summed E-state index contributed by atoms with van der Waals surface area (Å²) < 4.78 is 39.1. The number of nitrogens with two attached hydrogens (primary N) is 1. The molecule has 92 valence electrons. The summed E-state index contributed by atoms with van der Waals surface area (Å²) in [6, 6.07) is -1.73. The van der Waals surface area contributed by atoms with Gasteiger partial charge in [0.2, 0.25) is 0 Å². The Bertz CT molecular complexity index is 368. The first kappa shape index (κ1) is 13.0. The van der Waals surface area contributed by atoms with Crippen LogP contribution in [0.15, 0.2) is 0 Å². The lowest BCUT2D eigenvalue weighted by Gasteiger charge is -2.20. The van der Waals surface area contributed by atoms with Gasteiger partial charge in [-0.3, -0.25) is 4.68 Å². The highest BCUT2D eigenvalue weighted by Gasteiger charge is 2.41. The molecule has 1 rings (SSSR count). The van der Waals surface area contributed by atoms with E-state index >= 15 is 0 Å². The molecule has 1 aromatic heterocycles. The summed E-state index contributed by atoms with van der Waals surface area (Å²) in [5.74, 6) is 0. The number of halogens is 3. The molecule has 3 nitrogen and oxygen atoms in total. The molecular formula is C10H16F3N3. The highest BCUT2D eigenvalue weighted by molar-refractivity contribution is 5.25. The molecule has 0 spiro atoms. The van der Waals surface area contributed by atoms with E-state index < -0.39 is 18.8 Å². The minimum Gasteiger partial charge on any atom is -0.328 e. The van der Waals surface area contributed by atoms with E-state index in [-0.39, 0.29) is 0 Å². The average molecular weight is 235 g/mol. The van der Waals surface area contributed by atoms with Crippen LogP contribution >= 0.6 is 0 Å². The van der Waals surface area contributed by atoms with Crippen molar-refractivity contribution in [3.63, 3.8) is 0 Å². The van der Waals surface area contributed by atoms with Gasteiger partial charge < -0.3 is 5.73 Å². The number of aryl methyl sites for hydroxylation is 1. The van der Waals surface area contributed by atoms with E-state index in [4.69, 9.17) is 5.73 Å². The zero-order chi connectivity index (χ0) is 12.5. The molecule has 0 radical (unpaired) electrons. The highest BCUT2D eigenvalue weighted by atomic mass is 19.4. The van der Waals surface area contributed by atoms with Crippen molar-refractivity contribution in [2.24, 2.45) is 5.73 Å². The van der Waals surface area contributed by atoms with Crippen LogP contribution in [-0.2, 0) is 6.42 Å². The van der Waals surface area contributed by atoms with Crippen LogP contribution in [0.25, 0.3) is 0 Å². The van der Waals surface area contributed by atoms with Crippen molar-refractivity contribution in [2.45, 2.75) is 39.4 Å². The normalized spacial score (nSPS) is 14.2. The van der Waals surface area contributed by atoms with Gasteiger partial charge in [-0.2, -0.15) is 18.3 Å². The van der Waals surface area contributed by atoms with Crippen molar-refractivity contribution in [3.8, 4) is 0 Å². The minimum atomic E-state index is -4.36. The number of rotatable bonds is 3. The number of aromatic nitrogens is 2. The quantitative estimate of drug-likeness (QED) is 0.872. The summed E-state index contributed by atoms with van der Waals surface area (Å²) in [7, 11) is 0. The van der Waals surface area contributed by atoms with Crippen LogP contribution in [0.1, 0.15) is 29.9 Å². The maximum Gasteiger partial charge on any atom is 0.412 e. The second-order valence-corrected chi connectivity index (χ2v) is 3.74. The molecule has 1 heterocycles. The first-order chi connectivity index (χ1) is 7.32. The van der Waals surface area contributed by atoms with E-state index in [0.717, 1.165) is 10.2 Å². The average Bonchev–Trinajstić information content (AvgIpc) is 2.41. The van der Waals surface area contributed by atoms with E-state index in [1.807, 2.05) is 6.92 Å². The molecule has 0 amide bonds. The summed E-state index contributed by atoms with van der Waals surface area (Å²) in [4.78, 5) is 0. The largest absolute Gasteiger partial charge is 0.412 e. The minimum absolute atomic E-state index is 0.491. The third-order valence-corrected chi connectivity index (χ3v) is 2.72. The van der Waals surface area contributed by atoms with E-state index in [0.29, 0.717) is 17.8 Å².